The van der Waals surface area contributed by atoms with Gasteiger partial charge in [-0.25, -0.2) is 8.78 Å². The predicted molar refractivity (Wildman–Crippen MR) is 68.6 cm³/mol. The van der Waals surface area contributed by atoms with Crippen LogP contribution in [0.15, 0.2) is 34.9 Å². The normalized spacial score (nSPS) is 13.7. The van der Waals surface area contributed by atoms with E-state index in [0.717, 1.165) is 5.56 Å². The third-order valence-corrected chi connectivity index (χ3v) is 3.20. The number of alkyl halides is 2. The molecule has 0 saturated heterocycles. The van der Waals surface area contributed by atoms with Gasteiger partial charge in [-0.2, -0.15) is 4.98 Å². The molecule has 2 rings (SSSR count). The number of aliphatic hydroxyl groups is 1. The molecule has 1 N–H and O–H groups in total. The highest BCUT2D eigenvalue weighted by Crippen LogP contribution is 2.29. The van der Waals surface area contributed by atoms with E-state index in [1.54, 1.807) is 0 Å². The SMILES string of the molecule is CC(C)(c1ccccc1)c1noc(CC(O)C(F)F)n1. The maximum atomic E-state index is 12.3. The van der Waals surface area contributed by atoms with Crippen LogP contribution >= 0.6 is 0 Å². The highest BCUT2D eigenvalue weighted by molar-refractivity contribution is 5.30. The van der Waals surface area contributed by atoms with Crippen molar-refractivity contribution in [3.63, 3.8) is 0 Å². The van der Waals surface area contributed by atoms with E-state index in [1.807, 2.05) is 44.2 Å². The van der Waals surface area contributed by atoms with Crippen molar-refractivity contribution in [3.8, 4) is 0 Å². The fourth-order valence-corrected chi connectivity index (χ4v) is 1.84. The molecule has 0 amide bonds. The van der Waals surface area contributed by atoms with Gasteiger partial charge < -0.3 is 9.63 Å². The summed E-state index contributed by atoms with van der Waals surface area (Å²) in [5.74, 6) is 0.414. The minimum Gasteiger partial charge on any atom is -0.387 e. The van der Waals surface area contributed by atoms with Crippen LogP contribution in [0, 0.1) is 0 Å². The summed E-state index contributed by atoms with van der Waals surface area (Å²) in [4.78, 5) is 4.11. The second kappa shape index (κ2) is 5.66. The molecule has 0 fully saturated rings. The van der Waals surface area contributed by atoms with Gasteiger partial charge in [0.15, 0.2) is 5.82 Å². The second-order valence-electron chi connectivity index (χ2n) is 5.11. The van der Waals surface area contributed by atoms with Crippen LogP contribution in [0.2, 0.25) is 0 Å². The summed E-state index contributed by atoms with van der Waals surface area (Å²) in [6.07, 6.45) is -4.97. The molecule has 0 aliphatic heterocycles. The Morgan fingerprint density at radius 2 is 1.90 bits per heavy atom. The largest absolute Gasteiger partial charge is 0.387 e. The molecule has 0 aliphatic carbocycles. The maximum Gasteiger partial charge on any atom is 0.264 e. The van der Waals surface area contributed by atoms with Crippen molar-refractivity contribution in [1.82, 2.24) is 10.1 Å². The number of halogens is 2. The van der Waals surface area contributed by atoms with Crippen LogP contribution in [-0.4, -0.2) is 27.8 Å². The number of nitrogens with zero attached hydrogens (tertiary/aromatic N) is 2. The molecule has 1 unspecified atom stereocenters. The quantitative estimate of drug-likeness (QED) is 0.915. The first kappa shape index (κ1) is 14.6. The Bertz CT molecular complexity index is 555. The Kier molecular flexibility index (Phi) is 4.13. The zero-order chi connectivity index (χ0) is 14.8. The van der Waals surface area contributed by atoms with Gasteiger partial charge in [0.1, 0.15) is 6.10 Å². The standard InChI is InChI=1S/C14H16F2N2O2/c1-14(2,9-6-4-3-5-7-9)13-17-11(20-18-13)8-10(19)12(15)16/h3-7,10,12,19H,8H2,1-2H3. The van der Waals surface area contributed by atoms with Crippen molar-refractivity contribution in [2.75, 3.05) is 0 Å². The van der Waals surface area contributed by atoms with Crippen molar-refractivity contribution in [3.05, 3.63) is 47.6 Å². The first-order chi connectivity index (χ1) is 9.41. The van der Waals surface area contributed by atoms with Crippen LogP contribution in [0.25, 0.3) is 0 Å². The van der Waals surface area contributed by atoms with E-state index >= 15 is 0 Å². The van der Waals surface area contributed by atoms with Crippen LogP contribution in [0.1, 0.15) is 31.1 Å². The number of rotatable bonds is 5. The molecule has 0 spiro atoms. The molecule has 0 saturated carbocycles. The average Bonchev–Trinajstić information content (AvgIpc) is 2.89. The third-order valence-electron chi connectivity index (χ3n) is 3.20. The molecule has 0 bridgehead atoms. The first-order valence-electron chi connectivity index (χ1n) is 6.26. The predicted octanol–water partition coefficient (Wildman–Crippen LogP) is 2.56. The van der Waals surface area contributed by atoms with Gasteiger partial charge in [-0.05, 0) is 19.4 Å². The third kappa shape index (κ3) is 3.01. The summed E-state index contributed by atoms with van der Waals surface area (Å²) in [5.41, 5.74) is 0.487. The maximum absolute atomic E-state index is 12.3. The highest BCUT2D eigenvalue weighted by atomic mass is 19.3. The van der Waals surface area contributed by atoms with E-state index < -0.39 is 17.9 Å². The first-order valence-corrected chi connectivity index (χ1v) is 6.26. The summed E-state index contributed by atoms with van der Waals surface area (Å²) in [7, 11) is 0. The lowest BCUT2D eigenvalue weighted by atomic mass is 9.84. The Labute approximate surface area is 115 Å². The van der Waals surface area contributed by atoms with E-state index in [2.05, 4.69) is 10.1 Å². The smallest absolute Gasteiger partial charge is 0.264 e. The van der Waals surface area contributed by atoms with Crippen molar-refractivity contribution >= 4 is 0 Å². The topological polar surface area (TPSA) is 59.2 Å². The van der Waals surface area contributed by atoms with Crippen LogP contribution in [0.5, 0.6) is 0 Å². The van der Waals surface area contributed by atoms with Crippen LogP contribution in [0.4, 0.5) is 8.78 Å². The van der Waals surface area contributed by atoms with E-state index in [-0.39, 0.29) is 12.3 Å². The molecule has 1 atom stereocenters. The van der Waals surface area contributed by atoms with Crippen LogP contribution in [-0.2, 0) is 11.8 Å². The van der Waals surface area contributed by atoms with Gasteiger partial charge in [0, 0.05) is 0 Å². The van der Waals surface area contributed by atoms with Crippen molar-refractivity contribution in [2.24, 2.45) is 0 Å². The van der Waals surface area contributed by atoms with Gasteiger partial charge in [-0.15, -0.1) is 0 Å². The summed E-state index contributed by atoms with van der Waals surface area (Å²) < 4.78 is 29.5. The van der Waals surface area contributed by atoms with E-state index in [9.17, 15) is 8.78 Å². The summed E-state index contributed by atoms with van der Waals surface area (Å²) in [6, 6.07) is 9.57. The molecule has 4 nitrogen and oxygen atoms in total. The molecule has 2 aromatic rings. The Morgan fingerprint density at radius 1 is 1.25 bits per heavy atom. The second-order valence-corrected chi connectivity index (χ2v) is 5.11. The van der Waals surface area contributed by atoms with Crippen molar-refractivity contribution in [2.45, 2.75) is 38.2 Å². The van der Waals surface area contributed by atoms with E-state index in [4.69, 9.17) is 9.63 Å². The summed E-state index contributed by atoms with van der Waals surface area (Å²) in [5, 5.41) is 13.0. The van der Waals surface area contributed by atoms with Gasteiger partial charge in [0.2, 0.25) is 5.89 Å². The molecule has 6 heteroatoms. The van der Waals surface area contributed by atoms with Gasteiger partial charge in [0.25, 0.3) is 6.43 Å². The molecule has 0 radical (unpaired) electrons. The lowest BCUT2D eigenvalue weighted by Crippen LogP contribution is -2.22. The van der Waals surface area contributed by atoms with Gasteiger partial charge in [0.05, 0.1) is 11.8 Å². The zero-order valence-electron chi connectivity index (χ0n) is 11.3. The van der Waals surface area contributed by atoms with Crippen molar-refractivity contribution in [1.29, 1.82) is 0 Å². The number of benzene rings is 1. The molecular formula is C14H16F2N2O2. The minimum atomic E-state index is -2.83. The molecule has 20 heavy (non-hydrogen) atoms. The fourth-order valence-electron chi connectivity index (χ4n) is 1.84. The highest BCUT2D eigenvalue weighted by Gasteiger charge is 2.29. The molecule has 1 aromatic heterocycles. The number of aromatic nitrogens is 2. The molecular weight excluding hydrogens is 266 g/mol. The monoisotopic (exact) mass is 282 g/mol. The van der Waals surface area contributed by atoms with Gasteiger partial charge in [-0.1, -0.05) is 35.5 Å². The zero-order valence-corrected chi connectivity index (χ0v) is 11.3. The molecule has 0 aliphatic rings. The van der Waals surface area contributed by atoms with Crippen LogP contribution in [0.3, 0.4) is 0 Å². The number of aliphatic hydroxyl groups excluding tert-OH is 1. The van der Waals surface area contributed by atoms with Crippen molar-refractivity contribution < 1.29 is 18.4 Å². The molecule has 108 valence electrons. The Morgan fingerprint density at radius 3 is 2.50 bits per heavy atom. The summed E-state index contributed by atoms with van der Waals surface area (Å²) in [6.45, 7) is 3.83. The molecule has 1 heterocycles. The van der Waals surface area contributed by atoms with E-state index in [1.165, 1.54) is 0 Å². The molecule has 1 aromatic carbocycles. The number of hydrogen-bond acceptors (Lipinski definition) is 4. The lowest BCUT2D eigenvalue weighted by molar-refractivity contribution is -0.00754. The average molecular weight is 282 g/mol. The Hall–Kier alpha value is -1.82. The van der Waals surface area contributed by atoms with E-state index in [0.29, 0.717) is 5.82 Å². The lowest BCUT2D eigenvalue weighted by Gasteiger charge is -2.20. The Balaban J connectivity index is 2.20. The minimum absolute atomic E-state index is 0.0109. The summed E-state index contributed by atoms with van der Waals surface area (Å²) >= 11 is 0. The van der Waals surface area contributed by atoms with Crippen LogP contribution < -0.4 is 0 Å². The van der Waals surface area contributed by atoms with Gasteiger partial charge >= 0.3 is 0 Å². The van der Waals surface area contributed by atoms with Gasteiger partial charge in [-0.3, -0.25) is 0 Å². The fraction of sp³-hybridized carbons (Fsp3) is 0.429. The number of hydrogen-bond donors (Lipinski definition) is 1.